The third-order valence-corrected chi connectivity index (χ3v) is 6.06. The molecule has 0 N–H and O–H groups in total. The monoisotopic (exact) mass is 394 g/mol. The summed E-state index contributed by atoms with van der Waals surface area (Å²) in [4.78, 5) is 23.4. The van der Waals surface area contributed by atoms with Gasteiger partial charge < -0.3 is 14.4 Å². The van der Waals surface area contributed by atoms with Crippen LogP contribution < -0.4 is 0 Å². The molecule has 5 rings (SSSR count). The van der Waals surface area contributed by atoms with Crippen molar-refractivity contribution in [1.82, 2.24) is 14.9 Å². The molecule has 1 aliphatic carbocycles. The Balaban J connectivity index is 1.24. The SMILES string of the molecule is N#Cc1cccc(F)c1COC1CC2(C1)OC1CC[C@@H](c3cnccn3)N1C2=O. The van der Waals surface area contributed by atoms with Crippen molar-refractivity contribution in [3.63, 3.8) is 0 Å². The number of nitriles is 1. The van der Waals surface area contributed by atoms with Crippen molar-refractivity contribution in [3.8, 4) is 6.07 Å². The van der Waals surface area contributed by atoms with E-state index in [1.165, 1.54) is 12.1 Å². The van der Waals surface area contributed by atoms with Gasteiger partial charge in [0, 0.05) is 30.8 Å². The number of halogens is 1. The van der Waals surface area contributed by atoms with Gasteiger partial charge >= 0.3 is 0 Å². The lowest BCUT2D eigenvalue weighted by molar-refractivity contribution is -0.177. The molecule has 1 unspecified atom stereocenters. The van der Waals surface area contributed by atoms with Crippen molar-refractivity contribution in [2.75, 3.05) is 0 Å². The molecule has 7 nitrogen and oxygen atoms in total. The lowest BCUT2D eigenvalue weighted by Gasteiger charge is -2.42. The summed E-state index contributed by atoms with van der Waals surface area (Å²) in [6.45, 7) is -0.000123. The molecule has 2 saturated heterocycles. The molecule has 2 aromatic rings. The number of carbonyl (C=O) groups excluding carboxylic acids is 1. The molecule has 29 heavy (non-hydrogen) atoms. The second kappa shape index (κ2) is 6.87. The van der Waals surface area contributed by atoms with Gasteiger partial charge in [-0.2, -0.15) is 5.26 Å². The maximum Gasteiger partial charge on any atom is 0.257 e. The van der Waals surface area contributed by atoms with Gasteiger partial charge in [-0.1, -0.05) is 6.07 Å². The van der Waals surface area contributed by atoms with Crippen molar-refractivity contribution in [1.29, 1.82) is 5.26 Å². The molecule has 148 valence electrons. The fraction of sp³-hybridized carbons (Fsp3) is 0.429. The second-order valence-corrected chi connectivity index (χ2v) is 7.72. The topological polar surface area (TPSA) is 88.3 Å². The number of fused-ring (bicyclic) bond motifs is 1. The van der Waals surface area contributed by atoms with Crippen LogP contribution in [-0.4, -0.2) is 38.7 Å². The lowest BCUT2D eigenvalue weighted by atomic mass is 9.76. The Kier molecular flexibility index (Phi) is 4.30. The van der Waals surface area contributed by atoms with E-state index in [1.807, 2.05) is 6.07 Å². The average Bonchev–Trinajstić information content (AvgIpc) is 3.25. The van der Waals surface area contributed by atoms with E-state index < -0.39 is 11.4 Å². The summed E-state index contributed by atoms with van der Waals surface area (Å²) in [7, 11) is 0. The van der Waals surface area contributed by atoms with Gasteiger partial charge in [-0.3, -0.25) is 14.8 Å². The van der Waals surface area contributed by atoms with Crippen LogP contribution in [0.5, 0.6) is 0 Å². The zero-order valence-corrected chi connectivity index (χ0v) is 15.6. The first-order valence-corrected chi connectivity index (χ1v) is 9.67. The van der Waals surface area contributed by atoms with Crippen molar-refractivity contribution in [3.05, 3.63) is 59.4 Å². The molecule has 3 heterocycles. The number of aromatic nitrogens is 2. The van der Waals surface area contributed by atoms with Crippen LogP contribution in [0.2, 0.25) is 0 Å². The Bertz CT molecular complexity index is 987. The Morgan fingerprint density at radius 1 is 1.34 bits per heavy atom. The molecule has 2 atom stereocenters. The van der Waals surface area contributed by atoms with Crippen LogP contribution >= 0.6 is 0 Å². The molecule has 2 aliphatic heterocycles. The van der Waals surface area contributed by atoms with Crippen LogP contribution in [0, 0.1) is 17.1 Å². The predicted octanol–water partition coefficient (Wildman–Crippen LogP) is 2.63. The third kappa shape index (κ3) is 2.89. The van der Waals surface area contributed by atoms with Crippen LogP contribution in [0.1, 0.15) is 48.5 Å². The normalized spacial score (nSPS) is 30.3. The van der Waals surface area contributed by atoms with Gasteiger partial charge in [0.1, 0.15) is 12.0 Å². The van der Waals surface area contributed by atoms with Crippen molar-refractivity contribution in [2.24, 2.45) is 0 Å². The zero-order valence-electron chi connectivity index (χ0n) is 15.6. The first-order valence-electron chi connectivity index (χ1n) is 9.67. The molecule has 1 aromatic heterocycles. The number of hydrogen-bond donors (Lipinski definition) is 0. The van der Waals surface area contributed by atoms with E-state index >= 15 is 0 Å². The Morgan fingerprint density at radius 3 is 2.97 bits per heavy atom. The van der Waals surface area contributed by atoms with Gasteiger partial charge in [0.25, 0.3) is 5.91 Å². The van der Waals surface area contributed by atoms with Crippen LogP contribution in [0.25, 0.3) is 0 Å². The number of hydrogen-bond acceptors (Lipinski definition) is 6. The minimum absolute atomic E-state index is 0.000123. The fourth-order valence-electron chi connectivity index (χ4n) is 4.56. The third-order valence-electron chi connectivity index (χ3n) is 6.06. The van der Waals surface area contributed by atoms with Gasteiger partial charge in [-0.25, -0.2) is 4.39 Å². The minimum atomic E-state index is -0.858. The summed E-state index contributed by atoms with van der Waals surface area (Å²) >= 11 is 0. The zero-order chi connectivity index (χ0) is 20.0. The summed E-state index contributed by atoms with van der Waals surface area (Å²) in [6, 6.07) is 6.25. The molecule has 1 amide bonds. The predicted molar refractivity (Wildman–Crippen MR) is 97.4 cm³/mol. The van der Waals surface area contributed by atoms with E-state index in [1.54, 1.807) is 29.6 Å². The highest BCUT2D eigenvalue weighted by molar-refractivity contribution is 5.89. The molecule has 3 fully saturated rings. The van der Waals surface area contributed by atoms with Crippen LogP contribution in [-0.2, 0) is 20.9 Å². The minimum Gasteiger partial charge on any atom is -0.373 e. The van der Waals surface area contributed by atoms with Gasteiger partial charge in [-0.05, 0) is 25.0 Å². The summed E-state index contributed by atoms with van der Waals surface area (Å²) in [5.74, 6) is -0.488. The molecule has 0 bridgehead atoms. The number of rotatable bonds is 4. The van der Waals surface area contributed by atoms with E-state index in [0.29, 0.717) is 12.8 Å². The highest BCUT2D eigenvalue weighted by Gasteiger charge is 2.63. The van der Waals surface area contributed by atoms with Crippen LogP contribution in [0.4, 0.5) is 4.39 Å². The van der Waals surface area contributed by atoms with Crippen LogP contribution in [0.3, 0.4) is 0 Å². The molecule has 0 radical (unpaired) electrons. The Morgan fingerprint density at radius 2 is 2.21 bits per heavy atom. The smallest absolute Gasteiger partial charge is 0.257 e. The molecule has 3 aliphatic rings. The van der Waals surface area contributed by atoms with Gasteiger partial charge in [0.05, 0.1) is 42.3 Å². The molecule has 8 heteroatoms. The molecule has 1 aromatic carbocycles. The van der Waals surface area contributed by atoms with E-state index in [2.05, 4.69) is 9.97 Å². The van der Waals surface area contributed by atoms with Crippen molar-refractivity contribution < 1.29 is 18.7 Å². The Hall–Kier alpha value is -2.89. The number of nitrogens with zero attached hydrogens (tertiary/aromatic N) is 4. The van der Waals surface area contributed by atoms with Gasteiger partial charge in [0.2, 0.25) is 0 Å². The fourth-order valence-corrected chi connectivity index (χ4v) is 4.56. The van der Waals surface area contributed by atoms with E-state index in [-0.39, 0.29) is 42.0 Å². The highest BCUT2D eigenvalue weighted by Crippen LogP contribution is 2.51. The number of amides is 1. The van der Waals surface area contributed by atoms with Gasteiger partial charge in [0.15, 0.2) is 5.60 Å². The molecule has 1 saturated carbocycles. The second-order valence-electron chi connectivity index (χ2n) is 7.72. The molecular weight excluding hydrogens is 375 g/mol. The first kappa shape index (κ1) is 18.2. The summed E-state index contributed by atoms with van der Waals surface area (Å²) < 4.78 is 25.9. The summed E-state index contributed by atoms with van der Waals surface area (Å²) in [5, 5.41) is 9.14. The first-order chi connectivity index (χ1) is 14.1. The maximum atomic E-state index is 14.0. The highest BCUT2D eigenvalue weighted by atomic mass is 19.1. The molecular formula is C21H19FN4O3. The quantitative estimate of drug-likeness (QED) is 0.792. The number of carbonyl (C=O) groups is 1. The maximum absolute atomic E-state index is 14.0. The largest absolute Gasteiger partial charge is 0.373 e. The van der Waals surface area contributed by atoms with E-state index in [4.69, 9.17) is 14.7 Å². The molecule has 1 spiro atoms. The summed E-state index contributed by atoms with van der Waals surface area (Å²) in [6.07, 6.45) is 6.92. The van der Waals surface area contributed by atoms with E-state index in [0.717, 1.165) is 18.5 Å². The van der Waals surface area contributed by atoms with E-state index in [9.17, 15) is 9.18 Å². The number of benzene rings is 1. The van der Waals surface area contributed by atoms with Gasteiger partial charge in [-0.15, -0.1) is 0 Å². The van der Waals surface area contributed by atoms with Crippen molar-refractivity contribution >= 4 is 5.91 Å². The standard InChI is InChI=1S/C21H19FN4O3/c22-16-3-1-2-13(10-23)15(16)12-28-14-8-21(9-14)20(27)26-18(4-5-19(26)29-21)17-11-24-6-7-25-17/h1-3,6-7,11,14,18-19H,4-5,8-9,12H2/t14?,18-,19?,21?/m0/s1. The lowest BCUT2D eigenvalue weighted by Crippen LogP contribution is -2.54. The number of ether oxygens (including phenoxy) is 2. The summed E-state index contributed by atoms with van der Waals surface area (Å²) in [5.41, 5.74) is 0.432. The van der Waals surface area contributed by atoms with Crippen molar-refractivity contribution in [2.45, 2.75) is 56.3 Å². The average molecular weight is 394 g/mol. The van der Waals surface area contributed by atoms with Crippen LogP contribution in [0.15, 0.2) is 36.8 Å². The Labute approximate surface area is 167 Å².